The Balaban J connectivity index is 1.75. The Bertz CT molecular complexity index is 358. The maximum atomic E-state index is 11.8. The van der Waals surface area contributed by atoms with E-state index < -0.39 is 0 Å². The van der Waals surface area contributed by atoms with E-state index in [1.54, 1.807) is 11.3 Å². The number of carbonyl (C=O) groups is 1. The highest BCUT2D eigenvalue weighted by molar-refractivity contribution is 7.10. The van der Waals surface area contributed by atoms with Crippen LogP contribution in [0.3, 0.4) is 0 Å². The average molecular weight is 252 g/mol. The number of amides is 1. The van der Waals surface area contributed by atoms with Crippen LogP contribution in [0, 0.1) is 5.41 Å². The van der Waals surface area contributed by atoms with E-state index in [1.807, 2.05) is 24.6 Å². The Kier molecular flexibility index (Phi) is 4.18. The molecule has 1 saturated carbocycles. The van der Waals surface area contributed by atoms with Gasteiger partial charge in [0.15, 0.2) is 0 Å². The molecule has 1 aromatic heterocycles. The molecule has 0 atom stereocenters. The first-order valence-corrected chi connectivity index (χ1v) is 7.06. The van der Waals surface area contributed by atoms with Crippen molar-refractivity contribution in [3.63, 3.8) is 0 Å². The fourth-order valence-electron chi connectivity index (χ4n) is 2.39. The summed E-state index contributed by atoms with van der Waals surface area (Å²) in [6.07, 6.45) is 4.27. The van der Waals surface area contributed by atoms with Crippen LogP contribution in [0.5, 0.6) is 0 Å². The predicted octanol–water partition coefficient (Wildman–Crippen LogP) is 1.80. The van der Waals surface area contributed by atoms with Gasteiger partial charge in [-0.25, -0.2) is 0 Å². The molecule has 4 heteroatoms. The number of hydrogen-bond donors (Lipinski definition) is 2. The van der Waals surface area contributed by atoms with Gasteiger partial charge in [0.1, 0.15) is 0 Å². The second kappa shape index (κ2) is 5.65. The molecule has 1 fully saturated rings. The third kappa shape index (κ3) is 3.30. The molecule has 2 N–H and O–H groups in total. The summed E-state index contributed by atoms with van der Waals surface area (Å²) in [6.45, 7) is 1.82. The third-order valence-electron chi connectivity index (χ3n) is 3.54. The minimum absolute atomic E-state index is 0.148. The standard InChI is InChI=1S/C13H20N2OS/c1-14-9-13(5-3-6-13)10-15-12(16)8-11-4-2-7-17-11/h2,4,7,14H,3,5-6,8-10H2,1H3,(H,15,16). The minimum Gasteiger partial charge on any atom is -0.355 e. The second-order valence-corrected chi connectivity index (χ2v) is 5.95. The van der Waals surface area contributed by atoms with Crippen molar-refractivity contribution >= 4 is 17.2 Å². The van der Waals surface area contributed by atoms with Crippen LogP contribution in [0.4, 0.5) is 0 Å². The summed E-state index contributed by atoms with van der Waals surface area (Å²) < 4.78 is 0. The van der Waals surface area contributed by atoms with E-state index in [9.17, 15) is 4.79 Å². The zero-order valence-electron chi connectivity index (χ0n) is 10.3. The van der Waals surface area contributed by atoms with E-state index in [1.165, 1.54) is 19.3 Å². The van der Waals surface area contributed by atoms with Crippen molar-refractivity contribution in [1.29, 1.82) is 0 Å². The Morgan fingerprint density at radius 1 is 1.47 bits per heavy atom. The lowest BCUT2D eigenvalue weighted by Crippen LogP contribution is -2.47. The van der Waals surface area contributed by atoms with Crippen molar-refractivity contribution in [3.8, 4) is 0 Å². The quantitative estimate of drug-likeness (QED) is 0.810. The zero-order valence-corrected chi connectivity index (χ0v) is 11.1. The smallest absolute Gasteiger partial charge is 0.225 e. The van der Waals surface area contributed by atoms with E-state index >= 15 is 0 Å². The number of rotatable bonds is 6. The largest absolute Gasteiger partial charge is 0.355 e. The van der Waals surface area contributed by atoms with E-state index in [0.717, 1.165) is 18.0 Å². The van der Waals surface area contributed by atoms with Gasteiger partial charge in [-0.2, -0.15) is 0 Å². The summed E-state index contributed by atoms with van der Waals surface area (Å²) in [7, 11) is 1.98. The summed E-state index contributed by atoms with van der Waals surface area (Å²) in [5.41, 5.74) is 0.319. The predicted molar refractivity (Wildman–Crippen MR) is 71.2 cm³/mol. The van der Waals surface area contributed by atoms with Crippen LogP contribution >= 0.6 is 11.3 Å². The highest BCUT2D eigenvalue weighted by Gasteiger charge is 2.36. The molecular formula is C13H20N2OS. The van der Waals surface area contributed by atoms with Crippen molar-refractivity contribution in [1.82, 2.24) is 10.6 Å². The first kappa shape index (κ1) is 12.6. The van der Waals surface area contributed by atoms with Gasteiger partial charge in [-0.1, -0.05) is 12.5 Å². The van der Waals surface area contributed by atoms with Gasteiger partial charge in [0, 0.05) is 23.4 Å². The van der Waals surface area contributed by atoms with E-state index in [4.69, 9.17) is 0 Å². The highest BCUT2D eigenvalue weighted by atomic mass is 32.1. The van der Waals surface area contributed by atoms with Crippen molar-refractivity contribution < 1.29 is 4.79 Å². The Morgan fingerprint density at radius 2 is 2.29 bits per heavy atom. The Morgan fingerprint density at radius 3 is 2.82 bits per heavy atom. The lowest BCUT2D eigenvalue weighted by Gasteiger charge is -2.42. The molecule has 0 saturated heterocycles. The fraction of sp³-hybridized carbons (Fsp3) is 0.615. The summed E-state index contributed by atoms with van der Waals surface area (Å²) in [6, 6.07) is 4.00. The molecule has 0 aromatic carbocycles. The Labute approximate surface area is 107 Å². The minimum atomic E-state index is 0.148. The molecule has 0 aliphatic heterocycles. The van der Waals surface area contributed by atoms with Gasteiger partial charge in [0.2, 0.25) is 5.91 Å². The third-order valence-corrected chi connectivity index (χ3v) is 4.42. The van der Waals surface area contributed by atoms with Gasteiger partial charge in [-0.15, -0.1) is 11.3 Å². The van der Waals surface area contributed by atoms with Crippen LogP contribution in [0.15, 0.2) is 17.5 Å². The first-order valence-electron chi connectivity index (χ1n) is 6.18. The van der Waals surface area contributed by atoms with Crippen LogP contribution in [0.25, 0.3) is 0 Å². The molecule has 1 amide bonds. The van der Waals surface area contributed by atoms with E-state index in [-0.39, 0.29) is 5.91 Å². The van der Waals surface area contributed by atoms with Crippen molar-refractivity contribution in [2.45, 2.75) is 25.7 Å². The molecule has 1 aliphatic carbocycles. The lowest BCUT2D eigenvalue weighted by molar-refractivity contribution is -0.121. The van der Waals surface area contributed by atoms with E-state index in [0.29, 0.717) is 11.8 Å². The second-order valence-electron chi connectivity index (χ2n) is 4.92. The number of hydrogen-bond acceptors (Lipinski definition) is 3. The lowest BCUT2D eigenvalue weighted by atomic mass is 9.68. The number of carbonyl (C=O) groups excluding carboxylic acids is 1. The molecule has 1 aromatic rings. The van der Waals surface area contributed by atoms with Crippen molar-refractivity contribution in [2.75, 3.05) is 20.1 Å². The van der Waals surface area contributed by atoms with Crippen molar-refractivity contribution in [2.24, 2.45) is 5.41 Å². The summed E-state index contributed by atoms with van der Waals surface area (Å²) in [5.74, 6) is 0.148. The van der Waals surface area contributed by atoms with Gasteiger partial charge in [0.05, 0.1) is 6.42 Å². The Hall–Kier alpha value is -0.870. The van der Waals surface area contributed by atoms with Crippen LogP contribution in [-0.4, -0.2) is 26.0 Å². The van der Waals surface area contributed by atoms with Crippen LogP contribution in [-0.2, 0) is 11.2 Å². The fourth-order valence-corrected chi connectivity index (χ4v) is 3.09. The van der Waals surface area contributed by atoms with Gasteiger partial charge in [-0.3, -0.25) is 4.79 Å². The van der Waals surface area contributed by atoms with Crippen LogP contribution in [0.2, 0.25) is 0 Å². The molecule has 94 valence electrons. The SMILES string of the molecule is CNCC1(CNC(=O)Cc2cccs2)CCC1. The maximum absolute atomic E-state index is 11.8. The average Bonchev–Trinajstić information content (AvgIpc) is 2.74. The molecule has 17 heavy (non-hydrogen) atoms. The zero-order chi connectivity index (χ0) is 12.1. The molecule has 3 nitrogen and oxygen atoms in total. The molecule has 1 heterocycles. The molecule has 0 radical (unpaired) electrons. The summed E-state index contributed by atoms with van der Waals surface area (Å²) in [5, 5.41) is 8.32. The summed E-state index contributed by atoms with van der Waals surface area (Å²) >= 11 is 1.64. The number of nitrogens with one attached hydrogen (secondary N) is 2. The highest BCUT2D eigenvalue weighted by Crippen LogP contribution is 2.39. The normalized spacial score (nSPS) is 17.5. The monoisotopic (exact) mass is 252 g/mol. The van der Waals surface area contributed by atoms with E-state index in [2.05, 4.69) is 10.6 Å². The maximum Gasteiger partial charge on any atom is 0.225 e. The van der Waals surface area contributed by atoms with Gasteiger partial charge < -0.3 is 10.6 Å². The molecule has 1 aliphatic rings. The molecule has 0 spiro atoms. The molecule has 2 rings (SSSR count). The van der Waals surface area contributed by atoms with Gasteiger partial charge in [-0.05, 0) is 31.3 Å². The first-order chi connectivity index (χ1) is 8.24. The van der Waals surface area contributed by atoms with Crippen LogP contribution in [0.1, 0.15) is 24.1 Å². The van der Waals surface area contributed by atoms with Gasteiger partial charge >= 0.3 is 0 Å². The topological polar surface area (TPSA) is 41.1 Å². The summed E-state index contributed by atoms with van der Waals surface area (Å²) in [4.78, 5) is 12.9. The molecule has 0 unspecified atom stereocenters. The number of thiophene rings is 1. The molecule has 0 bridgehead atoms. The molecular weight excluding hydrogens is 232 g/mol. The van der Waals surface area contributed by atoms with Crippen LogP contribution < -0.4 is 10.6 Å². The van der Waals surface area contributed by atoms with Crippen molar-refractivity contribution in [3.05, 3.63) is 22.4 Å². The van der Waals surface area contributed by atoms with Gasteiger partial charge in [0.25, 0.3) is 0 Å².